The van der Waals surface area contributed by atoms with Gasteiger partial charge in [-0.3, -0.25) is 4.79 Å². The van der Waals surface area contributed by atoms with Crippen molar-refractivity contribution >= 4 is 27.1 Å². The molecule has 0 saturated heterocycles. The third kappa shape index (κ3) is 4.27. The molecule has 32 heavy (non-hydrogen) atoms. The molecule has 0 aliphatic carbocycles. The summed E-state index contributed by atoms with van der Waals surface area (Å²) in [6, 6.07) is 15.5. The molecule has 0 atom stereocenters. The van der Waals surface area contributed by atoms with Crippen LogP contribution in [0.15, 0.2) is 64.4 Å². The SMILES string of the molecule is Cc1ccc(S(=O)(=O)c2c(C)ccc(NCC(=O)Nc3ccc4c(c3)OCO4)c2C)cc1. The number of carbonyl (C=O) groups excluding carboxylic acids is 1. The number of carbonyl (C=O) groups is 1. The number of amides is 1. The van der Waals surface area contributed by atoms with Gasteiger partial charge in [-0.2, -0.15) is 0 Å². The van der Waals surface area contributed by atoms with Crippen molar-refractivity contribution in [3.63, 3.8) is 0 Å². The Morgan fingerprint density at radius 3 is 2.41 bits per heavy atom. The number of rotatable bonds is 6. The Morgan fingerprint density at radius 2 is 1.66 bits per heavy atom. The normalized spacial score (nSPS) is 12.5. The van der Waals surface area contributed by atoms with Gasteiger partial charge in [0.15, 0.2) is 11.5 Å². The maximum atomic E-state index is 13.3. The van der Waals surface area contributed by atoms with Crippen molar-refractivity contribution in [1.82, 2.24) is 0 Å². The molecule has 3 aromatic carbocycles. The smallest absolute Gasteiger partial charge is 0.243 e. The average Bonchev–Trinajstić information content (AvgIpc) is 3.21. The van der Waals surface area contributed by atoms with Gasteiger partial charge in [-0.15, -0.1) is 0 Å². The zero-order valence-electron chi connectivity index (χ0n) is 18.1. The highest BCUT2D eigenvalue weighted by molar-refractivity contribution is 7.91. The van der Waals surface area contributed by atoms with E-state index in [1.807, 2.05) is 6.92 Å². The van der Waals surface area contributed by atoms with E-state index in [0.29, 0.717) is 34.0 Å². The van der Waals surface area contributed by atoms with E-state index in [1.165, 1.54) is 0 Å². The molecule has 8 heteroatoms. The van der Waals surface area contributed by atoms with Gasteiger partial charge in [0.25, 0.3) is 0 Å². The van der Waals surface area contributed by atoms with Crippen LogP contribution in [0.5, 0.6) is 11.5 Å². The fourth-order valence-electron chi connectivity index (χ4n) is 3.62. The minimum atomic E-state index is -3.70. The summed E-state index contributed by atoms with van der Waals surface area (Å²) in [6.07, 6.45) is 0. The first-order valence-electron chi connectivity index (χ1n) is 10.1. The molecule has 7 nitrogen and oxygen atoms in total. The molecule has 0 bridgehead atoms. The molecule has 1 aliphatic heterocycles. The van der Waals surface area contributed by atoms with E-state index in [1.54, 1.807) is 68.4 Å². The number of nitrogens with one attached hydrogen (secondary N) is 2. The van der Waals surface area contributed by atoms with Gasteiger partial charge in [0.2, 0.25) is 22.5 Å². The van der Waals surface area contributed by atoms with Crippen LogP contribution in [-0.4, -0.2) is 27.7 Å². The molecule has 0 saturated carbocycles. The van der Waals surface area contributed by atoms with Crippen LogP contribution in [0.25, 0.3) is 0 Å². The second kappa shape index (κ2) is 8.55. The summed E-state index contributed by atoms with van der Waals surface area (Å²) in [5, 5.41) is 5.85. The van der Waals surface area contributed by atoms with Crippen LogP contribution in [0.4, 0.5) is 11.4 Å². The molecule has 1 amide bonds. The van der Waals surface area contributed by atoms with Gasteiger partial charge in [0, 0.05) is 17.4 Å². The van der Waals surface area contributed by atoms with Gasteiger partial charge in [-0.1, -0.05) is 23.8 Å². The molecule has 1 aliphatic rings. The Hall–Kier alpha value is -3.52. The Labute approximate surface area is 187 Å². The number of fused-ring (bicyclic) bond motifs is 1. The Balaban J connectivity index is 1.51. The topological polar surface area (TPSA) is 93.7 Å². The summed E-state index contributed by atoms with van der Waals surface area (Å²) in [7, 11) is -3.70. The highest BCUT2D eigenvalue weighted by Gasteiger charge is 2.24. The second-order valence-corrected chi connectivity index (χ2v) is 9.56. The first-order valence-corrected chi connectivity index (χ1v) is 11.6. The third-order valence-electron chi connectivity index (χ3n) is 5.30. The van der Waals surface area contributed by atoms with E-state index >= 15 is 0 Å². The van der Waals surface area contributed by atoms with Gasteiger partial charge >= 0.3 is 0 Å². The fraction of sp³-hybridized carbons (Fsp3) is 0.208. The summed E-state index contributed by atoms with van der Waals surface area (Å²) in [5.74, 6) is 0.946. The van der Waals surface area contributed by atoms with E-state index in [-0.39, 0.29) is 29.0 Å². The molecule has 166 valence electrons. The summed E-state index contributed by atoms with van der Waals surface area (Å²) in [6.45, 7) is 5.56. The first-order chi connectivity index (χ1) is 15.3. The van der Waals surface area contributed by atoms with E-state index in [0.717, 1.165) is 5.56 Å². The Bertz CT molecular complexity index is 1280. The maximum absolute atomic E-state index is 13.3. The monoisotopic (exact) mass is 452 g/mol. The van der Waals surface area contributed by atoms with Crippen molar-refractivity contribution in [2.45, 2.75) is 30.6 Å². The van der Waals surface area contributed by atoms with Crippen molar-refractivity contribution in [1.29, 1.82) is 0 Å². The van der Waals surface area contributed by atoms with Crippen LogP contribution in [0.2, 0.25) is 0 Å². The van der Waals surface area contributed by atoms with Gasteiger partial charge < -0.3 is 20.1 Å². The summed E-state index contributed by atoms with van der Waals surface area (Å²) in [5.41, 5.74) is 3.38. The maximum Gasteiger partial charge on any atom is 0.243 e. The molecule has 3 aromatic rings. The molecule has 0 spiro atoms. The third-order valence-corrected chi connectivity index (χ3v) is 7.36. The van der Waals surface area contributed by atoms with Crippen LogP contribution in [0.1, 0.15) is 16.7 Å². The van der Waals surface area contributed by atoms with Crippen LogP contribution >= 0.6 is 0 Å². The lowest BCUT2D eigenvalue weighted by Crippen LogP contribution is -2.22. The minimum absolute atomic E-state index is 0.0254. The van der Waals surface area contributed by atoms with Crippen molar-refractivity contribution in [2.24, 2.45) is 0 Å². The van der Waals surface area contributed by atoms with Gasteiger partial charge in [0.1, 0.15) is 0 Å². The van der Waals surface area contributed by atoms with E-state index in [4.69, 9.17) is 9.47 Å². The lowest BCUT2D eigenvalue weighted by atomic mass is 10.1. The molecule has 0 unspecified atom stereocenters. The number of aryl methyl sites for hydroxylation is 2. The molecular formula is C24H24N2O5S. The van der Waals surface area contributed by atoms with Gasteiger partial charge in [-0.05, 0) is 62.2 Å². The largest absolute Gasteiger partial charge is 0.454 e. The molecular weight excluding hydrogens is 428 g/mol. The zero-order valence-corrected chi connectivity index (χ0v) is 18.9. The fourth-order valence-corrected chi connectivity index (χ4v) is 5.36. The van der Waals surface area contributed by atoms with E-state index in [9.17, 15) is 13.2 Å². The molecule has 0 aromatic heterocycles. The average molecular weight is 453 g/mol. The number of benzene rings is 3. The number of sulfone groups is 1. The number of hydrogen-bond acceptors (Lipinski definition) is 6. The lowest BCUT2D eigenvalue weighted by molar-refractivity contribution is -0.114. The standard InChI is InChI=1S/C24H24N2O5S/c1-15-4-8-19(9-5-15)32(28,29)24-16(2)6-10-20(17(24)3)25-13-23(27)26-18-7-11-21-22(12-18)31-14-30-21/h4-12,25H,13-14H2,1-3H3,(H,26,27). The van der Waals surface area contributed by atoms with Crippen molar-refractivity contribution < 1.29 is 22.7 Å². The second-order valence-electron chi connectivity index (χ2n) is 7.67. The molecule has 0 fully saturated rings. The number of anilines is 2. The Morgan fingerprint density at radius 1 is 0.938 bits per heavy atom. The van der Waals surface area contributed by atoms with Crippen LogP contribution in [0, 0.1) is 20.8 Å². The predicted octanol–water partition coefficient (Wildman–Crippen LogP) is 4.22. The highest BCUT2D eigenvalue weighted by atomic mass is 32.2. The first kappa shape index (κ1) is 21.7. The van der Waals surface area contributed by atoms with Crippen molar-refractivity contribution in [2.75, 3.05) is 24.0 Å². The summed E-state index contributed by atoms with van der Waals surface area (Å²) >= 11 is 0. The molecule has 0 radical (unpaired) electrons. The summed E-state index contributed by atoms with van der Waals surface area (Å²) < 4.78 is 37.1. The molecule has 4 rings (SSSR count). The van der Waals surface area contributed by atoms with Gasteiger partial charge in [-0.25, -0.2) is 8.42 Å². The molecule has 1 heterocycles. The number of hydrogen-bond donors (Lipinski definition) is 2. The van der Waals surface area contributed by atoms with Gasteiger partial charge in [0.05, 0.1) is 16.3 Å². The van der Waals surface area contributed by atoms with E-state index < -0.39 is 9.84 Å². The van der Waals surface area contributed by atoms with Crippen LogP contribution in [0.3, 0.4) is 0 Å². The minimum Gasteiger partial charge on any atom is -0.454 e. The van der Waals surface area contributed by atoms with Crippen molar-refractivity contribution in [3.8, 4) is 11.5 Å². The highest BCUT2D eigenvalue weighted by Crippen LogP contribution is 2.34. The predicted molar refractivity (Wildman–Crippen MR) is 122 cm³/mol. The Kier molecular flexibility index (Phi) is 5.80. The van der Waals surface area contributed by atoms with Crippen LogP contribution in [-0.2, 0) is 14.6 Å². The van der Waals surface area contributed by atoms with Crippen LogP contribution < -0.4 is 20.1 Å². The lowest BCUT2D eigenvalue weighted by Gasteiger charge is -2.16. The van der Waals surface area contributed by atoms with Crippen molar-refractivity contribution in [3.05, 3.63) is 71.3 Å². The summed E-state index contributed by atoms with van der Waals surface area (Å²) in [4.78, 5) is 12.9. The van der Waals surface area contributed by atoms with E-state index in [2.05, 4.69) is 10.6 Å². The zero-order chi connectivity index (χ0) is 22.9. The quantitative estimate of drug-likeness (QED) is 0.582. The molecule has 2 N–H and O–H groups in total. The number of ether oxygens (including phenoxy) is 2.